The Bertz CT molecular complexity index is 1050. The molecule has 1 unspecified atom stereocenters. The topological polar surface area (TPSA) is 99.0 Å². The summed E-state index contributed by atoms with van der Waals surface area (Å²) in [6, 6.07) is 7.38. The van der Waals surface area contributed by atoms with Gasteiger partial charge in [0.25, 0.3) is 5.69 Å². The van der Waals surface area contributed by atoms with Crippen molar-refractivity contribution in [1.82, 2.24) is 4.31 Å². The minimum Gasteiger partial charge on any atom is -0.497 e. The van der Waals surface area contributed by atoms with Crippen LogP contribution in [0.5, 0.6) is 11.5 Å². The number of methoxy groups -OCH3 is 2. The standard InChI is InChI=1S/C20H24N2O6S/c1-13-10-15(22(23)24)11-20(14(13)2)29(25,26)21-9-5-6-18(21)17-12-16(27-3)7-8-19(17)28-4/h7-8,10-12,18H,5-6,9H2,1-4H3. The van der Waals surface area contributed by atoms with Crippen LogP contribution in [0.15, 0.2) is 35.2 Å². The zero-order chi connectivity index (χ0) is 21.3. The van der Waals surface area contributed by atoms with E-state index >= 15 is 0 Å². The van der Waals surface area contributed by atoms with Gasteiger partial charge in [-0.25, -0.2) is 8.42 Å². The van der Waals surface area contributed by atoms with Gasteiger partial charge >= 0.3 is 0 Å². The van der Waals surface area contributed by atoms with E-state index in [1.807, 2.05) is 0 Å². The van der Waals surface area contributed by atoms with Gasteiger partial charge in [0.1, 0.15) is 11.5 Å². The number of hydrogen-bond acceptors (Lipinski definition) is 6. The van der Waals surface area contributed by atoms with E-state index in [1.54, 1.807) is 39.2 Å². The van der Waals surface area contributed by atoms with E-state index < -0.39 is 21.0 Å². The number of non-ortho nitro benzene ring substituents is 1. The summed E-state index contributed by atoms with van der Waals surface area (Å²) in [5.74, 6) is 1.18. The fraction of sp³-hybridized carbons (Fsp3) is 0.400. The molecule has 156 valence electrons. The van der Waals surface area contributed by atoms with E-state index in [4.69, 9.17) is 9.47 Å². The average Bonchev–Trinajstić information content (AvgIpc) is 3.19. The molecule has 0 aromatic heterocycles. The van der Waals surface area contributed by atoms with Gasteiger partial charge in [-0.2, -0.15) is 4.31 Å². The zero-order valence-electron chi connectivity index (χ0n) is 16.8. The van der Waals surface area contributed by atoms with Crippen molar-refractivity contribution in [3.63, 3.8) is 0 Å². The van der Waals surface area contributed by atoms with Gasteiger partial charge in [-0.3, -0.25) is 10.1 Å². The number of nitro groups is 1. The summed E-state index contributed by atoms with van der Waals surface area (Å²) >= 11 is 0. The maximum atomic E-state index is 13.6. The number of benzene rings is 2. The van der Waals surface area contributed by atoms with Crippen LogP contribution < -0.4 is 9.47 Å². The van der Waals surface area contributed by atoms with E-state index in [9.17, 15) is 18.5 Å². The molecule has 8 nitrogen and oxygen atoms in total. The van der Waals surface area contributed by atoms with Crippen molar-refractivity contribution in [2.24, 2.45) is 0 Å². The maximum Gasteiger partial charge on any atom is 0.271 e. The van der Waals surface area contributed by atoms with Gasteiger partial charge in [0.15, 0.2) is 0 Å². The molecule has 0 saturated carbocycles. The highest BCUT2D eigenvalue weighted by Crippen LogP contribution is 2.42. The Morgan fingerprint density at radius 1 is 1.14 bits per heavy atom. The van der Waals surface area contributed by atoms with Gasteiger partial charge in [-0.15, -0.1) is 0 Å². The first-order valence-corrected chi connectivity index (χ1v) is 10.6. The lowest BCUT2D eigenvalue weighted by Gasteiger charge is -2.27. The van der Waals surface area contributed by atoms with Crippen molar-refractivity contribution < 1.29 is 22.8 Å². The molecule has 3 rings (SSSR count). The molecule has 0 aliphatic carbocycles. The summed E-state index contributed by atoms with van der Waals surface area (Å²) < 4.78 is 39.3. The average molecular weight is 420 g/mol. The van der Waals surface area contributed by atoms with Crippen molar-refractivity contribution in [2.75, 3.05) is 20.8 Å². The van der Waals surface area contributed by atoms with E-state index in [0.29, 0.717) is 47.6 Å². The number of rotatable bonds is 6. The first kappa shape index (κ1) is 21.1. The third kappa shape index (κ3) is 3.79. The van der Waals surface area contributed by atoms with Gasteiger partial charge in [0, 0.05) is 24.2 Å². The fourth-order valence-electron chi connectivity index (χ4n) is 3.75. The van der Waals surface area contributed by atoms with Crippen LogP contribution in [0.25, 0.3) is 0 Å². The molecular formula is C20H24N2O6S. The Kier molecular flexibility index (Phi) is 5.81. The molecule has 0 amide bonds. The summed E-state index contributed by atoms with van der Waals surface area (Å²) in [7, 11) is -0.877. The molecule has 1 aliphatic heterocycles. The van der Waals surface area contributed by atoms with Crippen LogP contribution in [0.4, 0.5) is 5.69 Å². The fourth-order valence-corrected chi connectivity index (χ4v) is 5.74. The molecular weight excluding hydrogens is 396 g/mol. The van der Waals surface area contributed by atoms with Gasteiger partial charge in [-0.05, 0) is 56.0 Å². The summed E-state index contributed by atoms with van der Waals surface area (Å²) in [4.78, 5) is 10.7. The lowest BCUT2D eigenvalue weighted by Crippen LogP contribution is -2.31. The number of ether oxygens (including phenoxy) is 2. The zero-order valence-corrected chi connectivity index (χ0v) is 17.7. The SMILES string of the molecule is COc1ccc(OC)c(C2CCCN2S(=O)(=O)c2cc([N+](=O)[O-])cc(C)c2C)c1. The lowest BCUT2D eigenvalue weighted by molar-refractivity contribution is -0.385. The van der Waals surface area contributed by atoms with E-state index in [2.05, 4.69) is 0 Å². The second-order valence-corrected chi connectivity index (χ2v) is 8.88. The molecule has 1 atom stereocenters. The third-order valence-electron chi connectivity index (χ3n) is 5.40. The van der Waals surface area contributed by atoms with Crippen molar-refractivity contribution in [3.05, 3.63) is 57.1 Å². The Morgan fingerprint density at radius 3 is 2.48 bits per heavy atom. The van der Waals surface area contributed by atoms with Crippen LogP contribution in [-0.2, 0) is 10.0 Å². The molecule has 9 heteroatoms. The lowest BCUT2D eigenvalue weighted by atomic mass is 10.0. The summed E-state index contributed by atoms with van der Waals surface area (Å²) in [5, 5.41) is 11.3. The number of sulfonamides is 1. The predicted octanol–water partition coefficient (Wildman–Crippen LogP) is 3.75. The molecule has 1 fully saturated rings. The van der Waals surface area contributed by atoms with Crippen LogP contribution in [0.1, 0.15) is 35.6 Å². The predicted molar refractivity (Wildman–Crippen MR) is 108 cm³/mol. The quantitative estimate of drug-likeness (QED) is 0.521. The minimum absolute atomic E-state index is 0.0297. The molecule has 29 heavy (non-hydrogen) atoms. The second-order valence-electron chi connectivity index (χ2n) is 7.02. The van der Waals surface area contributed by atoms with Crippen molar-refractivity contribution in [3.8, 4) is 11.5 Å². The van der Waals surface area contributed by atoms with Crippen molar-refractivity contribution in [1.29, 1.82) is 0 Å². The number of aryl methyl sites for hydroxylation is 1. The normalized spacial score (nSPS) is 17.3. The van der Waals surface area contributed by atoms with Gasteiger partial charge in [-0.1, -0.05) is 0 Å². The molecule has 0 radical (unpaired) electrons. The maximum absolute atomic E-state index is 13.6. The highest BCUT2D eigenvalue weighted by Gasteiger charge is 2.39. The van der Waals surface area contributed by atoms with E-state index in [-0.39, 0.29) is 10.6 Å². The third-order valence-corrected chi connectivity index (χ3v) is 7.44. The largest absolute Gasteiger partial charge is 0.497 e. The number of nitrogens with zero attached hydrogens (tertiary/aromatic N) is 2. The van der Waals surface area contributed by atoms with Crippen LogP contribution in [0, 0.1) is 24.0 Å². The molecule has 1 heterocycles. The molecule has 2 aromatic rings. The van der Waals surface area contributed by atoms with E-state index in [1.165, 1.54) is 17.5 Å². The molecule has 0 bridgehead atoms. The summed E-state index contributed by atoms with van der Waals surface area (Å²) in [6.07, 6.45) is 1.30. The molecule has 1 saturated heterocycles. The van der Waals surface area contributed by atoms with E-state index in [0.717, 1.165) is 6.07 Å². The molecule has 1 aliphatic rings. The van der Waals surface area contributed by atoms with Crippen molar-refractivity contribution in [2.45, 2.75) is 37.6 Å². The Labute approximate surface area is 170 Å². The monoisotopic (exact) mass is 420 g/mol. The van der Waals surface area contributed by atoms with Crippen molar-refractivity contribution >= 4 is 15.7 Å². The van der Waals surface area contributed by atoms with Crippen LogP contribution in [-0.4, -0.2) is 38.4 Å². The summed E-state index contributed by atoms with van der Waals surface area (Å²) in [6.45, 7) is 3.67. The first-order chi connectivity index (χ1) is 13.7. The van der Waals surface area contributed by atoms with Gasteiger partial charge in [0.2, 0.25) is 10.0 Å². The Balaban J connectivity index is 2.12. The second kappa shape index (κ2) is 8.00. The van der Waals surface area contributed by atoms with Crippen LogP contribution >= 0.6 is 0 Å². The summed E-state index contributed by atoms with van der Waals surface area (Å²) in [5.41, 5.74) is 1.56. The smallest absolute Gasteiger partial charge is 0.271 e. The number of nitro benzene ring substituents is 1. The highest BCUT2D eigenvalue weighted by atomic mass is 32.2. The molecule has 0 spiro atoms. The molecule has 0 N–H and O–H groups in total. The highest BCUT2D eigenvalue weighted by molar-refractivity contribution is 7.89. The first-order valence-electron chi connectivity index (χ1n) is 9.20. The minimum atomic E-state index is -3.96. The van der Waals surface area contributed by atoms with Gasteiger partial charge < -0.3 is 9.47 Å². The van der Waals surface area contributed by atoms with Gasteiger partial charge in [0.05, 0.1) is 30.1 Å². The van der Waals surface area contributed by atoms with Crippen LogP contribution in [0.2, 0.25) is 0 Å². The van der Waals surface area contributed by atoms with Crippen LogP contribution in [0.3, 0.4) is 0 Å². The Morgan fingerprint density at radius 2 is 1.86 bits per heavy atom. The number of hydrogen-bond donors (Lipinski definition) is 0. The Hall–Kier alpha value is -2.65. The molecule has 2 aromatic carbocycles.